The number of hydrogen-bond acceptors (Lipinski definition) is 3. The van der Waals surface area contributed by atoms with Crippen molar-refractivity contribution in [2.75, 3.05) is 6.54 Å². The van der Waals surface area contributed by atoms with Gasteiger partial charge in [0.1, 0.15) is 28.1 Å². The van der Waals surface area contributed by atoms with Crippen LogP contribution in [0.5, 0.6) is 0 Å². The first-order valence-electron chi connectivity index (χ1n) is 7.43. The molecular formula is C16H19FN4O2S. The van der Waals surface area contributed by atoms with Crippen LogP contribution in [-0.4, -0.2) is 21.2 Å². The lowest BCUT2D eigenvalue weighted by atomic mass is 10.1. The minimum atomic E-state index is -1.45. The van der Waals surface area contributed by atoms with Crippen molar-refractivity contribution >= 4 is 27.7 Å². The average molecular weight is 350 g/mol. The molecule has 1 atom stereocenters. The van der Waals surface area contributed by atoms with Gasteiger partial charge in [-0.15, -0.1) is 0 Å². The van der Waals surface area contributed by atoms with Gasteiger partial charge < -0.3 is 4.42 Å². The highest BCUT2D eigenvalue weighted by molar-refractivity contribution is 7.85. The van der Waals surface area contributed by atoms with Crippen LogP contribution in [0.25, 0.3) is 21.4 Å². The maximum atomic E-state index is 13.9. The van der Waals surface area contributed by atoms with Gasteiger partial charge in [0.2, 0.25) is 0 Å². The molecule has 1 aromatic carbocycles. The number of halogens is 1. The Kier molecular flexibility index (Phi) is 5.41. The Balaban J connectivity index is 2.47. The van der Waals surface area contributed by atoms with Crippen LogP contribution in [-0.2, 0) is 17.4 Å². The first kappa shape index (κ1) is 18.2. The SMILES string of the molecule is CC(=NS(=O)C(C)(C)C)c1cc(F)cc2cc(CCN=[N+]=[N-])oc12. The van der Waals surface area contributed by atoms with Crippen LogP contribution in [0.3, 0.4) is 0 Å². The molecule has 0 N–H and O–H groups in total. The summed E-state index contributed by atoms with van der Waals surface area (Å²) in [7, 11) is -1.45. The third-order valence-corrected chi connectivity index (χ3v) is 4.77. The molecule has 0 aliphatic heterocycles. The maximum absolute atomic E-state index is 13.9. The van der Waals surface area contributed by atoms with Crippen LogP contribution in [0.2, 0.25) is 0 Å². The van der Waals surface area contributed by atoms with Gasteiger partial charge in [0.05, 0.1) is 10.5 Å². The summed E-state index contributed by atoms with van der Waals surface area (Å²) in [4.78, 5) is 2.69. The summed E-state index contributed by atoms with van der Waals surface area (Å²) in [5.74, 6) is 0.171. The second kappa shape index (κ2) is 7.15. The Labute approximate surface area is 142 Å². The molecule has 1 heterocycles. The van der Waals surface area contributed by atoms with Crippen LogP contribution >= 0.6 is 0 Å². The Bertz CT molecular complexity index is 861. The van der Waals surface area contributed by atoms with Crippen molar-refractivity contribution < 1.29 is 13.0 Å². The molecule has 0 spiro atoms. The lowest BCUT2D eigenvalue weighted by Gasteiger charge is -2.14. The van der Waals surface area contributed by atoms with Crippen molar-refractivity contribution in [3.63, 3.8) is 0 Å². The van der Waals surface area contributed by atoms with Gasteiger partial charge in [-0.25, -0.2) is 8.60 Å². The van der Waals surface area contributed by atoms with Gasteiger partial charge in [-0.05, 0) is 51.4 Å². The highest BCUT2D eigenvalue weighted by atomic mass is 32.2. The summed E-state index contributed by atoms with van der Waals surface area (Å²) < 4.78 is 35.6. The Morgan fingerprint density at radius 2 is 2.08 bits per heavy atom. The predicted molar refractivity (Wildman–Crippen MR) is 94.0 cm³/mol. The number of hydrogen-bond donors (Lipinski definition) is 0. The fraction of sp³-hybridized carbons (Fsp3) is 0.438. The molecule has 0 saturated heterocycles. The van der Waals surface area contributed by atoms with Crippen LogP contribution in [0.4, 0.5) is 4.39 Å². The highest BCUT2D eigenvalue weighted by Gasteiger charge is 2.20. The molecule has 1 aromatic heterocycles. The fourth-order valence-corrected chi connectivity index (χ4v) is 2.70. The first-order valence-corrected chi connectivity index (χ1v) is 8.53. The zero-order valence-electron chi connectivity index (χ0n) is 14.0. The number of azide groups is 1. The summed E-state index contributed by atoms with van der Waals surface area (Å²) in [6.07, 6.45) is 0.421. The van der Waals surface area contributed by atoms with E-state index in [4.69, 9.17) is 9.95 Å². The second-order valence-electron chi connectivity index (χ2n) is 6.33. The Hall–Kier alpha value is -2.18. The molecule has 24 heavy (non-hydrogen) atoms. The van der Waals surface area contributed by atoms with E-state index < -0.39 is 21.5 Å². The highest BCUT2D eigenvalue weighted by Crippen LogP contribution is 2.26. The number of rotatable bonds is 5. The molecule has 1 unspecified atom stereocenters. The molecule has 2 rings (SSSR count). The molecule has 8 heteroatoms. The van der Waals surface area contributed by atoms with Crippen LogP contribution < -0.4 is 0 Å². The normalized spacial score (nSPS) is 13.8. The standard InChI is InChI=1S/C16H19FN4O2S/c1-10(20-24(22)16(2,3)4)14-9-12(17)7-11-8-13(23-15(11)14)5-6-19-21-18/h7-9H,5-6H2,1-4H3. The topological polar surface area (TPSA) is 91.3 Å². The van der Waals surface area contributed by atoms with Gasteiger partial charge in [-0.3, -0.25) is 0 Å². The zero-order chi connectivity index (χ0) is 17.9. The monoisotopic (exact) mass is 350 g/mol. The smallest absolute Gasteiger partial charge is 0.145 e. The molecule has 0 radical (unpaired) electrons. The summed E-state index contributed by atoms with van der Waals surface area (Å²) in [6, 6.07) is 4.40. The number of benzene rings is 1. The fourth-order valence-electron chi connectivity index (χ4n) is 2.08. The van der Waals surface area contributed by atoms with Crippen molar-refractivity contribution in [3.05, 3.63) is 45.8 Å². The summed E-state index contributed by atoms with van der Waals surface area (Å²) in [6.45, 7) is 7.40. The molecular weight excluding hydrogens is 331 g/mol. The van der Waals surface area contributed by atoms with Crippen molar-refractivity contribution in [1.82, 2.24) is 0 Å². The molecule has 6 nitrogen and oxygen atoms in total. The first-order chi connectivity index (χ1) is 11.2. The molecule has 0 fully saturated rings. The van der Waals surface area contributed by atoms with Crippen molar-refractivity contribution in [1.29, 1.82) is 0 Å². The third kappa shape index (κ3) is 4.21. The minimum Gasteiger partial charge on any atom is -0.460 e. The van der Waals surface area contributed by atoms with Gasteiger partial charge in [0, 0.05) is 28.8 Å². The molecule has 0 saturated carbocycles. The molecule has 2 aromatic rings. The van der Waals surface area contributed by atoms with E-state index in [1.165, 1.54) is 12.1 Å². The zero-order valence-corrected chi connectivity index (χ0v) is 14.9. The van der Waals surface area contributed by atoms with Crippen LogP contribution in [0.1, 0.15) is 39.0 Å². The van der Waals surface area contributed by atoms with Gasteiger partial charge in [-0.2, -0.15) is 4.40 Å². The third-order valence-electron chi connectivity index (χ3n) is 3.29. The van der Waals surface area contributed by atoms with Gasteiger partial charge in [0.25, 0.3) is 0 Å². The van der Waals surface area contributed by atoms with Crippen LogP contribution in [0.15, 0.2) is 32.1 Å². The van der Waals surface area contributed by atoms with E-state index in [0.717, 1.165) is 0 Å². The summed E-state index contributed by atoms with van der Waals surface area (Å²) in [5.41, 5.74) is 9.72. The number of nitrogens with zero attached hydrogens (tertiary/aromatic N) is 4. The lowest BCUT2D eigenvalue weighted by Crippen LogP contribution is -2.20. The number of furan rings is 1. The van der Waals surface area contributed by atoms with E-state index in [1.807, 2.05) is 20.8 Å². The molecule has 0 bridgehead atoms. The molecule has 0 aliphatic carbocycles. The average Bonchev–Trinajstić information content (AvgIpc) is 2.88. The van der Waals surface area contributed by atoms with E-state index in [2.05, 4.69) is 14.4 Å². The largest absolute Gasteiger partial charge is 0.460 e. The van der Waals surface area contributed by atoms with Gasteiger partial charge in [0.15, 0.2) is 0 Å². The van der Waals surface area contributed by atoms with Gasteiger partial charge in [-0.1, -0.05) is 5.11 Å². The summed E-state index contributed by atoms with van der Waals surface area (Å²) >= 11 is 0. The van der Waals surface area contributed by atoms with E-state index in [-0.39, 0.29) is 6.54 Å². The van der Waals surface area contributed by atoms with E-state index >= 15 is 0 Å². The molecule has 128 valence electrons. The van der Waals surface area contributed by atoms with E-state index in [9.17, 15) is 8.60 Å². The minimum absolute atomic E-state index is 0.259. The lowest BCUT2D eigenvalue weighted by molar-refractivity contribution is 0.548. The molecule has 0 amide bonds. The van der Waals surface area contributed by atoms with E-state index in [0.29, 0.717) is 34.4 Å². The second-order valence-corrected chi connectivity index (χ2v) is 8.23. The molecule has 0 aliphatic rings. The van der Waals surface area contributed by atoms with Gasteiger partial charge >= 0.3 is 0 Å². The predicted octanol–water partition coefficient (Wildman–Crippen LogP) is 4.70. The van der Waals surface area contributed by atoms with Crippen molar-refractivity contribution in [2.45, 2.75) is 38.9 Å². The summed E-state index contributed by atoms with van der Waals surface area (Å²) in [5, 5.41) is 4.06. The maximum Gasteiger partial charge on any atom is 0.145 e. The van der Waals surface area contributed by atoms with E-state index in [1.54, 1.807) is 13.0 Å². The van der Waals surface area contributed by atoms with Crippen molar-refractivity contribution in [2.24, 2.45) is 9.51 Å². The van der Waals surface area contributed by atoms with Crippen LogP contribution in [0, 0.1) is 5.82 Å². The number of fused-ring (bicyclic) bond motifs is 1. The Morgan fingerprint density at radius 1 is 1.38 bits per heavy atom. The quantitative estimate of drug-likeness (QED) is 0.338. The Morgan fingerprint density at radius 3 is 2.71 bits per heavy atom. The van der Waals surface area contributed by atoms with Crippen molar-refractivity contribution in [3.8, 4) is 0 Å².